The van der Waals surface area contributed by atoms with E-state index in [2.05, 4.69) is 15.5 Å². The summed E-state index contributed by atoms with van der Waals surface area (Å²) in [6.07, 6.45) is 1.19. The summed E-state index contributed by atoms with van der Waals surface area (Å²) in [7, 11) is 0. The molecule has 0 amide bonds. The zero-order valence-electron chi connectivity index (χ0n) is 17.0. The summed E-state index contributed by atoms with van der Waals surface area (Å²) in [4.78, 5) is 37.9. The van der Waals surface area contributed by atoms with Gasteiger partial charge in [0.25, 0.3) is 5.79 Å². The van der Waals surface area contributed by atoms with Crippen molar-refractivity contribution in [1.29, 1.82) is 0 Å². The zero-order chi connectivity index (χ0) is 22.5. The van der Waals surface area contributed by atoms with Crippen molar-refractivity contribution in [3.8, 4) is 5.69 Å². The van der Waals surface area contributed by atoms with Crippen LogP contribution in [0.25, 0.3) is 27.7 Å². The number of hydrogen-bond acceptors (Lipinski definition) is 9. The number of anilines is 1. The third-order valence-corrected chi connectivity index (χ3v) is 4.72. The van der Waals surface area contributed by atoms with Gasteiger partial charge < -0.3 is 19.2 Å². The van der Waals surface area contributed by atoms with Crippen molar-refractivity contribution in [1.82, 2.24) is 15.0 Å². The van der Waals surface area contributed by atoms with E-state index in [0.29, 0.717) is 27.7 Å². The van der Waals surface area contributed by atoms with E-state index < -0.39 is 23.4 Å². The van der Waals surface area contributed by atoms with Gasteiger partial charge in [0.15, 0.2) is 11.3 Å². The molecular formula is C22H16N4O6. The molecule has 1 N–H and O–H groups in total. The summed E-state index contributed by atoms with van der Waals surface area (Å²) in [5.41, 5.74) is 1.37. The number of nitrogens with one attached hydrogen (secondary N) is 1. The number of carbonyl (C=O) groups is 2. The van der Waals surface area contributed by atoms with E-state index in [4.69, 9.17) is 13.9 Å². The van der Waals surface area contributed by atoms with E-state index in [1.165, 1.54) is 24.8 Å². The third-order valence-electron chi connectivity index (χ3n) is 4.72. The topological polar surface area (TPSA) is 126 Å². The lowest BCUT2D eigenvalue weighted by Crippen LogP contribution is -2.42. The Labute approximate surface area is 180 Å². The number of rotatable bonds is 3. The quantitative estimate of drug-likeness (QED) is 0.225. The van der Waals surface area contributed by atoms with Crippen LogP contribution in [0.2, 0.25) is 0 Å². The molecule has 4 aromatic rings. The monoisotopic (exact) mass is 432 g/mol. The second-order valence-corrected chi connectivity index (χ2v) is 7.53. The number of esters is 2. The van der Waals surface area contributed by atoms with Gasteiger partial charge in [0.2, 0.25) is 0 Å². The van der Waals surface area contributed by atoms with E-state index in [1.54, 1.807) is 36.4 Å². The number of benzene rings is 2. The maximum absolute atomic E-state index is 12.6. The molecule has 10 nitrogen and oxygen atoms in total. The van der Waals surface area contributed by atoms with Crippen LogP contribution < -0.4 is 10.9 Å². The standard InChI is InChI=1S/C22H16N4O6/c1-22(2)31-19(27)14(20(28)32-22)11-23-13-8-7-12-9-17(21(29)30-18(12)10-13)26-24-15-5-3-4-6-16(15)25-26/h3-11,23H,1-2H3. The minimum atomic E-state index is -1.31. The fraction of sp³-hybridized carbons (Fsp3) is 0.136. The molecule has 2 aromatic heterocycles. The van der Waals surface area contributed by atoms with Gasteiger partial charge >= 0.3 is 17.6 Å². The number of nitrogens with zero attached hydrogens (tertiary/aromatic N) is 3. The summed E-state index contributed by atoms with van der Waals surface area (Å²) < 4.78 is 15.5. The highest BCUT2D eigenvalue weighted by Crippen LogP contribution is 2.24. The first kappa shape index (κ1) is 19.5. The van der Waals surface area contributed by atoms with E-state index in [0.717, 1.165) is 0 Å². The summed E-state index contributed by atoms with van der Waals surface area (Å²) >= 11 is 0. The Morgan fingerprint density at radius 3 is 2.25 bits per heavy atom. The summed E-state index contributed by atoms with van der Waals surface area (Å²) in [5, 5.41) is 12.1. The van der Waals surface area contributed by atoms with Crippen LogP contribution in [0.1, 0.15) is 13.8 Å². The first-order chi connectivity index (χ1) is 15.3. The minimum Gasteiger partial charge on any atom is -0.421 e. The number of carbonyl (C=O) groups excluding carboxylic acids is 2. The van der Waals surface area contributed by atoms with Crippen LogP contribution >= 0.6 is 0 Å². The normalized spacial score (nSPS) is 15.5. The lowest BCUT2D eigenvalue weighted by molar-refractivity contribution is -0.222. The number of aromatic nitrogens is 3. The molecule has 0 aliphatic carbocycles. The molecule has 0 spiro atoms. The van der Waals surface area contributed by atoms with Crippen molar-refractivity contribution < 1.29 is 23.5 Å². The highest BCUT2D eigenvalue weighted by Gasteiger charge is 2.38. The molecule has 0 bridgehead atoms. The molecule has 0 saturated carbocycles. The molecule has 10 heteroatoms. The smallest absolute Gasteiger partial charge is 0.364 e. The average molecular weight is 432 g/mol. The van der Waals surface area contributed by atoms with Crippen LogP contribution in [0.15, 0.2) is 69.5 Å². The van der Waals surface area contributed by atoms with Gasteiger partial charge in [0.05, 0.1) is 0 Å². The molecule has 2 aromatic carbocycles. The molecule has 1 fully saturated rings. The van der Waals surface area contributed by atoms with Gasteiger partial charge in [0.1, 0.15) is 16.6 Å². The van der Waals surface area contributed by atoms with Crippen molar-refractivity contribution in [3.05, 3.63) is 70.7 Å². The van der Waals surface area contributed by atoms with Crippen LogP contribution in [0, 0.1) is 0 Å². The van der Waals surface area contributed by atoms with E-state index >= 15 is 0 Å². The predicted molar refractivity (Wildman–Crippen MR) is 113 cm³/mol. The molecule has 3 heterocycles. The van der Waals surface area contributed by atoms with Crippen LogP contribution in [0.5, 0.6) is 0 Å². The number of fused-ring (bicyclic) bond motifs is 2. The minimum absolute atomic E-state index is 0.173. The summed E-state index contributed by atoms with van der Waals surface area (Å²) in [6.45, 7) is 2.93. The molecule has 1 aliphatic rings. The van der Waals surface area contributed by atoms with Gasteiger partial charge in [-0.05, 0) is 30.3 Å². The second kappa shape index (κ2) is 7.05. The van der Waals surface area contributed by atoms with Crippen molar-refractivity contribution >= 4 is 39.6 Å². The van der Waals surface area contributed by atoms with Gasteiger partial charge in [-0.3, -0.25) is 0 Å². The lowest BCUT2D eigenvalue weighted by Gasteiger charge is -2.29. The summed E-state index contributed by atoms with van der Waals surface area (Å²) in [5.74, 6) is -2.91. The van der Waals surface area contributed by atoms with Gasteiger partial charge in [-0.2, -0.15) is 0 Å². The SMILES string of the molecule is CC1(C)OC(=O)C(=CNc2ccc3cc(-n4nc5ccccc5n4)c(=O)oc3c2)C(=O)O1. The molecule has 1 saturated heterocycles. The van der Waals surface area contributed by atoms with Gasteiger partial charge in [-0.25, -0.2) is 14.4 Å². The predicted octanol–water partition coefficient (Wildman–Crippen LogP) is 2.66. The molecule has 0 atom stereocenters. The van der Waals surface area contributed by atoms with Gasteiger partial charge in [-0.15, -0.1) is 15.0 Å². The fourth-order valence-electron chi connectivity index (χ4n) is 3.23. The Morgan fingerprint density at radius 2 is 1.59 bits per heavy atom. The molecule has 32 heavy (non-hydrogen) atoms. The Hall–Kier alpha value is -4.47. The van der Waals surface area contributed by atoms with Gasteiger partial charge in [0, 0.05) is 37.2 Å². The highest BCUT2D eigenvalue weighted by molar-refractivity contribution is 6.15. The molecule has 0 radical (unpaired) electrons. The Bertz CT molecular complexity index is 1440. The lowest BCUT2D eigenvalue weighted by atomic mass is 10.2. The van der Waals surface area contributed by atoms with Crippen LogP contribution in [-0.2, 0) is 19.1 Å². The van der Waals surface area contributed by atoms with E-state index in [-0.39, 0.29) is 11.3 Å². The number of hydrogen-bond donors (Lipinski definition) is 1. The van der Waals surface area contributed by atoms with Crippen LogP contribution in [-0.4, -0.2) is 32.7 Å². The van der Waals surface area contributed by atoms with Crippen LogP contribution in [0.4, 0.5) is 5.69 Å². The Kier molecular flexibility index (Phi) is 4.29. The average Bonchev–Trinajstić information content (AvgIpc) is 3.15. The fourth-order valence-corrected chi connectivity index (χ4v) is 3.23. The first-order valence-corrected chi connectivity index (χ1v) is 9.63. The number of ether oxygens (including phenoxy) is 2. The van der Waals surface area contributed by atoms with Gasteiger partial charge in [-0.1, -0.05) is 12.1 Å². The number of cyclic esters (lactones) is 2. The molecule has 0 unspecified atom stereocenters. The molecule has 1 aliphatic heterocycles. The van der Waals surface area contributed by atoms with Crippen LogP contribution in [0.3, 0.4) is 0 Å². The molecular weight excluding hydrogens is 416 g/mol. The second-order valence-electron chi connectivity index (χ2n) is 7.53. The molecule has 160 valence electrons. The largest absolute Gasteiger partial charge is 0.421 e. The Morgan fingerprint density at radius 1 is 0.938 bits per heavy atom. The highest BCUT2D eigenvalue weighted by atomic mass is 16.7. The van der Waals surface area contributed by atoms with Crippen molar-refractivity contribution in [2.75, 3.05) is 5.32 Å². The third kappa shape index (κ3) is 3.47. The van der Waals surface area contributed by atoms with Crippen molar-refractivity contribution in [2.45, 2.75) is 19.6 Å². The van der Waals surface area contributed by atoms with E-state index in [9.17, 15) is 14.4 Å². The molecule has 5 rings (SSSR count). The maximum Gasteiger partial charge on any atom is 0.364 e. The van der Waals surface area contributed by atoms with E-state index in [1.807, 2.05) is 12.1 Å². The Balaban J connectivity index is 1.45. The summed E-state index contributed by atoms with van der Waals surface area (Å²) in [6, 6.07) is 13.9. The van der Waals surface area contributed by atoms with Crippen molar-refractivity contribution in [3.63, 3.8) is 0 Å². The first-order valence-electron chi connectivity index (χ1n) is 9.63. The van der Waals surface area contributed by atoms with Crippen molar-refractivity contribution in [2.24, 2.45) is 0 Å². The zero-order valence-corrected chi connectivity index (χ0v) is 17.0. The maximum atomic E-state index is 12.6.